The number of benzene rings is 2. The highest BCUT2D eigenvalue weighted by molar-refractivity contribution is 5.92. The molecule has 1 aliphatic rings. The summed E-state index contributed by atoms with van der Waals surface area (Å²) in [7, 11) is 1.61. The summed E-state index contributed by atoms with van der Waals surface area (Å²) in [6, 6.07) is 11.5. The molecule has 0 aliphatic carbocycles. The number of urea groups is 1. The van der Waals surface area contributed by atoms with Gasteiger partial charge in [-0.25, -0.2) is 9.59 Å². The maximum absolute atomic E-state index is 12.4. The van der Waals surface area contributed by atoms with Crippen molar-refractivity contribution in [1.82, 2.24) is 10.2 Å². The summed E-state index contributed by atoms with van der Waals surface area (Å²) in [5.74, 6) is -1.08. The number of carboxylic acid groups (broad SMARTS) is 1. The van der Waals surface area contributed by atoms with Crippen molar-refractivity contribution >= 4 is 22.8 Å². The second-order valence-electron chi connectivity index (χ2n) is 5.88. The summed E-state index contributed by atoms with van der Waals surface area (Å²) in [6.07, 6.45) is 0.771. The first-order chi connectivity index (χ1) is 11.6. The summed E-state index contributed by atoms with van der Waals surface area (Å²) in [5.41, 5.74) is 0.580. The summed E-state index contributed by atoms with van der Waals surface area (Å²) in [4.78, 5) is 25.8. The number of likely N-dealkylation sites (tertiary alicyclic amines) is 1. The van der Waals surface area contributed by atoms with E-state index < -0.39 is 12.0 Å². The van der Waals surface area contributed by atoms with Gasteiger partial charge in [-0.2, -0.15) is 0 Å². The molecule has 1 aliphatic heterocycles. The number of nitrogens with zero attached hydrogens (tertiary/aromatic N) is 1. The number of aliphatic carboxylic acids is 1. The van der Waals surface area contributed by atoms with Crippen molar-refractivity contribution < 1.29 is 19.4 Å². The van der Waals surface area contributed by atoms with Crippen molar-refractivity contribution in [2.75, 3.05) is 20.2 Å². The lowest BCUT2D eigenvalue weighted by atomic mass is 9.99. The number of carboxylic acids is 1. The van der Waals surface area contributed by atoms with Gasteiger partial charge in [0.15, 0.2) is 6.04 Å². The Morgan fingerprint density at radius 3 is 2.71 bits per heavy atom. The van der Waals surface area contributed by atoms with Gasteiger partial charge in [0.1, 0.15) is 0 Å². The molecule has 2 atom stereocenters. The number of hydrogen-bond acceptors (Lipinski definition) is 3. The van der Waals surface area contributed by atoms with Gasteiger partial charge in [-0.3, -0.25) is 0 Å². The molecule has 1 saturated heterocycles. The molecule has 0 aromatic heterocycles. The second-order valence-corrected chi connectivity index (χ2v) is 5.88. The Bertz CT molecular complexity index is 756. The zero-order chi connectivity index (χ0) is 17.1. The van der Waals surface area contributed by atoms with Crippen LogP contribution in [0, 0.1) is 0 Å². The topological polar surface area (TPSA) is 78.9 Å². The van der Waals surface area contributed by atoms with Crippen LogP contribution in [0.2, 0.25) is 0 Å². The highest BCUT2D eigenvalue weighted by Gasteiger charge is 2.30. The molecule has 6 nitrogen and oxygen atoms in total. The third kappa shape index (κ3) is 3.19. The van der Waals surface area contributed by atoms with Crippen molar-refractivity contribution in [2.45, 2.75) is 18.6 Å². The second kappa shape index (κ2) is 6.88. The monoisotopic (exact) mass is 328 g/mol. The minimum atomic E-state index is -1.09. The minimum Gasteiger partial charge on any atom is -0.479 e. The lowest BCUT2D eigenvalue weighted by Crippen LogP contribution is -2.43. The number of carbonyl (C=O) groups excluding carboxylic acids is 1. The molecule has 3 rings (SSSR count). The maximum Gasteiger partial charge on any atom is 0.330 e. The van der Waals surface area contributed by atoms with Crippen LogP contribution < -0.4 is 5.32 Å². The lowest BCUT2D eigenvalue weighted by molar-refractivity contribution is -0.139. The Hall–Kier alpha value is -2.60. The fourth-order valence-corrected chi connectivity index (χ4v) is 3.09. The smallest absolute Gasteiger partial charge is 0.330 e. The van der Waals surface area contributed by atoms with E-state index in [0.717, 1.165) is 17.2 Å². The van der Waals surface area contributed by atoms with E-state index in [1.54, 1.807) is 24.1 Å². The van der Waals surface area contributed by atoms with Crippen LogP contribution in [0.3, 0.4) is 0 Å². The first-order valence-corrected chi connectivity index (χ1v) is 7.89. The standard InChI is InChI=1S/C18H20N2O4/c1-24-13-9-10-20(11-13)18(23)19-16(17(21)22)15-8-4-6-12-5-2-3-7-14(12)15/h2-8,13,16H,9-11H2,1H3,(H,19,23)(H,21,22)/t13-,16?/m0/s1. The van der Waals surface area contributed by atoms with E-state index >= 15 is 0 Å². The number of nitrogens with one attached hydrogen (secondary N) is 1. The number of ether oxygens (including phenoxy) is 1. The van der Waals surface area contributed by atoms with Gasteiger partial charge in [0.05, 0.1) is 6.10 Å². The molecule has 6 heteroatoms. The minimum absolute atomic E-state index is 0.0107. The van der Waals surface area contributed by atoms with E-state index in [-0.39, 0.29) is 12.1 Å². The van der Waals surface area contributed by atoms with Gasteiger partial charge in [-0.05, 0) is 22.8 Å². The molecule has 2 amide bonds. The van der Waals surface area contributed by atoms with Gasteiger partial charge in [-0.1, -0.05) is 42.5 Å². The number of methoxy groups -OCH3 is 1. The molecule has 2 N–H and O–H groups in total. The zero-order valence-electron chi connectivity index (χ0n) is 13.4. The van der Waals surface area contributed by atoms with Crippen molar-refractivity contribution in [3.8, 4) is 0 Å². The first-order valence-electron chi connectivity index (χ1n) is 7.89. The Morgan fingerprint density at radius 2 is 2.00 bits per heavy atom. The Kier molecular flexibility index (Phi) is 4.66. The molecule has 0 bridgehead atoms. The number of carbonyl (C=O) groups is 2. The number of amides is 2. The molecule has 0 saturated carbocycles. The largest absolute Gasteiger partial charge is 0.479 e. The summed E-state index contributed by atoms with van der Waals surface area (Å²) in [6.45, 7) is 1.04. The molecule has 2 aromatic rings. The summed E-state index contributed by atoms with van der Waals surface area (Å²) < 4.78 is 5.25. The van der Waals surface area contributed by atoms with Crippen molar-refractivity contribution in [1.29, 1.82) is 0 Å². The number of hydrogen-bond donors (Lipinski definition) is 2. The predicted molar refractivity (Wildman–Crippen MR) is 89.8 cm³/mol. The SMILES string of the molecule is CO[C@H]1CCN(C(=O)NC(C(=O)O)c2cccc3ccccc23)C1. The predicted octanol–water partition coefficient (Wildman–Crippen LogP) is 2.40. The van der Waals surface area contributed by atoms with Gasteiger partial charge >= 0.3 is 12.0 Å². The van der Waals surface area contributed by atoms with Crippen LogP contribution in [0.5, 0.6) is 0 Å². The van der Waals surface area contributed by atoms with E-state index in [1.807, 2.05) is 30.3 Å². The fraction of sp³-hybridized carbons (Fsp3) is 0.333. The third-order valence-electron chi connectivity index (χ3n) is 4.41. The molecular formula is C18H20N2O4. The van der Waals surface area contributed by atoms with Crippen LogP contribution in [0.25, 0.3) is 10.8 Å². The zero-order valence-corrected chi connectivity index (χ0v) is 13.4. The van der Waals surface area contributed by atoms with E-state index in [9.17, 15) is 14.7 Å². The van der Waals surface area contributed by atoms with Gasteiger partial charge in [0.25, 0.3) is 0 Å². The van der Waals surface area contributed by atoms with Crippen LogP contribution in [-0.2, 0) is 9.53 Å². The Balaban J connectivity index is 1.85. The van der Waals surface area contributed by atoms with Crippen molar-refractivity contribution in [3.05, 3.63) is 48.0 Å². The lowest BCUT2D eigenvalue weighted by Gasteiger charge is -2.22. The van der Waals surface area contributed by atoms with Crippen LogP contribution in [-0.4, -0.2) is 48.3 Å². The molecule has 2 aromatic carbocycles. The van der Waals surface area contributed by atoms with Crippen LogP contribution in [0.15, 0.2) is 42.5 Å². The van der Waals surface area contributed by atoms with Gasteiger partial charge in [-0.15, -0.1) is 0 Å². The molecule has 1 fully saturated rings. The molecule has 126 valence electrons. The van der Waals surface area contributed by atoms with Crippen molar-refractivity contribution in [2.24, 2.45) is 0 Å². The van der Waals surface area contributed by atoms with Crippen molar-refractivity contribution in [3.63, 3.8) is 0 Å². The van der Waals surface area contributed by atoms with E-state index in [4.69, 9.17) is 4.74 Å². The third-order valence-corrected chi connectivity index (χ3v) is 4.41. The summed E-state index contributed by atoms with van der Waals surface area (Å²) >= 11 is 0. The van der Waals surface area contributed by atoms with Gasteiger partial charge in [0.2, 0.25) is 0 Å². The normalized spacial score (nSPS) is 18.5. The maximum atomic E-state index is 12.4. The average molecular weight is 328 g/mol. The number of fused-ring (bicyclic) bond motifs is 1. The van der Waals surface area contributed by atoms with E-state index in [2.05, 4.69) is 5.32 Å². The van der Waals surface area contributed by atoms with Crippen LogP contribution >= 0.6 is 0 Å². The molecule has 0 spiro atoms. The first kappa shape index (κ1) is 16.3. The highest BCUT2D eigenvalue weighted by Crippen LogP contribution is 2.25. The summed E-state index contributed by atoms with van der Waals surface area (Å²) in [5, 5.41) is 14.0. The van der Waals surface area contributed by atoms with Gasteiger partial charge in [0, 0.05) is 20.2 Å². The highest BCUT2D eigenvalue weighted by atomic mass is 16.5. The Labute approximate surface area is 140 Å². The van der Waals surface area contributed by atoms with E-state index in [0.29, 0.717) is 18.7 Å². The molecule has 0 radical (unpaired) electrons. The number of rotatable bonds is 4. The fourth-order valence-electron chi connectivity index (χ4n) is 3.09. The Morgan fingerprint density at radius 1 is 1.25 bits per heavy atom. The molecular weight excluding hydrogens is 308 g/mol. The quantitative estimate of drug-likeness (QED) is 0.903. The molecule has 1 unspecified atom stereocenters. The van der Waals surface area contributed by atoms with Crippen LogP contribution in [0.4, 0.5) is 4.79 Å². The average Bonchev–Trinajstić information content (AvgIpc) is 3.08. The van der Waals surface area contributed by atoms with E-state index in [1.165, 1.54) is 0 Å². The van der Waals surface area contributed by atoms with Gasteiger partial charge < -0.3 is 20.1 Å². The van der Waals surface area contributed by atoms with Crippen LogP contribution in [0.1, 0.15) is 18.0 Å². The molecule has 1 heterocycles. The molecule has 24 heavy (non-hydrogen) atoms.